The van der Waals surface area contributed by atoms with Gasteiger partial charge in [0.15, 0.2) is 0 Å². The molecule has 1 aliphatic rings. The van der Waals surface area contributed by atoms with Crippen molar-refractivity contribution in [1.82, 2.24) is 4.90 Å². The molecule has 1 unspecified atom stereocenters. The third kappa shape index (κ3) is 2.19. The first-order valence-corrected chi connectivity index (χ1v) is 4.48. The third-order valence-electron chi connectivity index (χ3n) is 2.69. The van der Waals surface area contributed by atoms with E-state index in [9.17, 15) is 4.79 Å². The van der Waals surface area contributed by atoms with Crippen LogP contribution in [0.4, 0.5) is 0 Å². The van der Waals surface area contributed by atoms with E-state index in [1.165, 1.54) is 0 Å². The van der Waals surface area contributed by atoms with Gasteiger partial charge in [0.1, 0.15) is 0 Å². The molecule has 4 heteroatoms. The predicted molar refractivity (Wildman–Crippen MR) is 48.6 cm³/mol. The predicted octanol–water partition coefficient (Wildman–Crippen LogP) is 0.0974. The van der Waals surface area contributed by atoms with Crippen molar-refractivity contribution in [2.75, 3.05) is 19.6 Å². The van der Waals surface area contributed by atoms with Gasteiger partial charge in [-0.05, 0) is 19.9 Å². The van der Waals surface area contributed by atoms with E-state index in [1.807, 2.05) is 6.92 Å². The Labute approximate surface area is 78.3 Å². The monoisotopic (exact) mass is 181 g/mol. The molecule has 1 atom stereocenters. The van der Waals surface area contributed by atoms with Crippen LogP contribution in [0.15, 0.2) is 0 Å². The Bertz CT molecular complexity index is 246. The molecule has 1 rings (SSSR count). The summed E-state index contributed by atoms with van der Waals surface area (Å²) >= 11 is 0. The first kappa shape index (κ1) is 10.0. The summed E-state index contributed by atoms with van der Waals surface area (Å²) in [5.41, 5.74) is 4.91. The largest absolute Gasteiger partial charge is 0.369 e. The highest BCUT2D eigenvalue weighted by atomic mass is 16.1. The smallest absolute Gasteiger partial charge is 0.224 e. The van der Waals surface area contributed by atoms with Gasteiger partial charge < -0.3 is 10.6 Å². The van der Waals surface area contributed by atoms with Gasteiger partial charge in [0.05, 0.1) is 11.5 Å². The molecule has 1 fully saturated rings. The highest BCUT2D eigenvalue weighted by molar-refractivity contribution is 5.81. The molecule has 0 aromatic heterocycles. The molecule has 0 radical (unpaired) electrons. The van der Waals surface area contributed by atoms with Crippen LogP contribution in [0, 0.1) is 16.7 Å². The Balaban J connectivity index is 2.45. The lowest BCUT2D eigenvalue weighted by molar-refractivity contribution is -0.126. The number of hydrogen-bond donors (Lipinski definition) is 1. The number of rotatable bonds is 3. The molecule has 0 bridgehead atoms. The van der Waals surface area contributed by atoms with Gasteiger partial charge in [0, 0.05) is 19.5 Å². The van der Waals surface area contributed by atoms with Crippen LogP contribution in [-0.2, 0) is 4.79 Å². The number of carbonyl (C=O) groups is 1. The van der Waals surface area contributed by atoms with Crippen molar-refractivity contribution < 1.29 is 4.79 Å². The number of nitrogens with two attached hydrogens (primary N) is 1. The van der Waals surface area contributed by atoms with E-state index in [2.05, 4.69) is 11.0 Å². The van der Waals surface area contributed by atoms with Gasteiger partial charge in [-0.1, -0.05) is 0 Å². The molecule has 0 aliphatic carbocycles. The third-order valence-corrected chi connectivity index (χ3v) is 2.69. The zero-order valence-electron chi connectivity index (χ0n) is 7.92. The molecule has 0 aromatic rings. The molecule has 4 nitrogen and oxygen atoms in total. The second-order valence-electron chi connectivity index (χ2n) is 3.86. The van der Waals surface area contributed by atoms with Crippen molar-refractivity contribution in [2.24, 2.45) is 11.1 Å². The average molecular weight is 181 g/mol. The molecule has 0 spiro atoms. The Morgan fingerprint density at radius 1 is 1.77 bits per heavy atom. The SMILES string of the molecule is CC1(C(N)=O)CCN(CCC#N)C1. The molecule has 1 aliphatic heterocycles. The van der Waals surface area contributed by atoms with E-state index in [-0.39, 0.29) is 11.3 Å². The molecule has 0 saturated carbocycles. The molecule has 2 N–H and O–H groups in total. The van der Waals surface area contributed by atoms with Crippen LogP contribution in [0.3, 0.4) is 0 Å². The van der Waals surface area contributed by atoms with Gasteiger partial charge in [-0.25, -0.2) is 0 Å². The summed E-state index contributed by atoms with van der Waals surface area (Å²) in [6.45, 7) is 4.21. The van der Waals surface area contributed by atoms with Crippen molar-refractivity contribution in [2.45, 2.75) is 19.8 Å². The summed E-state index contributed by atoms with van der Waals surface area (Å²) in [6, 6.07) is 2.09. The number of nitrogens with zero attached hydrogens (tertiary/aromatic N) is 2. The standard InChI is InChI=1S/C9H15N3O/c1-9(8(11)13)3-6-12(7-9)5-2-4-10/h2-3,5-7H2,1H3,(H2,11,13). The first-order chi connectivity index (χ1) is 6.08. The summed E-state index contributed by atoms with van der Waals surface area (Å²) in [7, 11) is 0. The van der Waals surface area contributed by atoms with Gasteiger partial charge >= 0.3 is 0 Å². The molecular weight excluding hydrogens is 166 g/mol. The fraction of sp³-hybridized carbons (Fsp3) is 0.778. The van der Waals surface area contributed by atoms with E-state index in [1.54, 1.807) is 0 Å². The van der Waals surface area contributed by atoms with Crippen LogP contribution >= 0.6 is 0 Å². The molecule has 72 valence electrons. The molecule has 0 aromatic carbocycles. The van der Waals surface area contributed by atoms with Crippen molar-refractivity contribution in [3.63, 3.8) is 0 Å². The lowest BCUT2D eigenvalue weighted by Gasteiger charge is -2.20. The first-order valence-electron chi connectivity index (χ1n) is 4.48. The summed E-state index contributed by atoms with van der Waals surface area (Å²) in [4.78, 5) is 13.2. The maximum absolute atomic E-state index is 11.1. The van der Waals surface area contributed by atoms with Crippen LogP contribution in [0.1, 0.15) is 19.8 Å². The summed E-state index contributed by atoms with van der Waals surface area (Å²) in [5.74, 6) is -0.230. The van der Waals surface area contributed by atoms with Crippen molar-refractivity contribution in [1.29, 1.82) is 5.26 Å². The maximum Gasteiger partial charge on any atom is 0.224 e. The number of primary amides is 1. The van der Waals surface area contributed by atoms with Gasteiger partial charge in [0.25, 0.3) is 0 Å². The second kappa shape index (κ2) is 3.75. The van der Waals surface area contributed by atoms with Crippen molar-refractivity contribution in [3.8, 4) is 6.07 Å². The quantitative estimate of drug-likeness (QED) is 0.671. The minimum atomic E-state index is -0.380. The molecular formula is C9H15N3O. The summed E-state index contributed by atoms with van der Waals surface area (Å²) < 4.78 is 0. The summed E-state index contributed by atoms with van der Waals surface area (Å²) in [5, 5.41) is 8.40. The van der Waals surface area contributed by atoms with Gasteiger partial charge in [-0.2, -0.15) is 5.26 Å². The highest BCUT2D eigenvalue weighted by Gasteiger charge is 2.38. The van der Waals surface area contributed by atoms with Crippen molar-refractivity contribution in [3.05, 3.63) is 0 Å². The Morgan fingerprint density at radius 3 is 2.92 bits per heavy atom. The highest BCUT2D eigenvalue weighted by Crippen LogP contribution is 2.29. The number of amides is 1. The van der Waals surface area contributed by atoms with Crippen LogP contribution < -0.4 is 5.73 Å². The van der Waals surface area contributed by atoms with Crippen molar-refractivity contribution >= 4 is 5.91 Å². The topological polar surface area (TPSA) is 70.1 Å². The Kier molecular flexibility index (Phi) is 2.89. The number of nitriles is 1. The van der Waals surface area contributed by atoms with E-state index in [0.717, 1.165) is 19.5 Å². The zero-order chi connectivity index (χ0) is 9.90. The molecule has 1 heterocycles. The van der Waals surface area contributed by atoms with Gasteiger partial charge in [-0.15, -0.1) is 0 Å². The Morgan fingerprint density at radius 2 is 2.46 bits per heavy atom. The number of carbonyl (C=O) groups excluding carboxylic acids is 1. The average Bonchev–Trinajstić information content (AvgIpc) is 2.45. The Hall–Kier alpha value is -1.08. The van der Waals surface area contributed by atoms with E-state index in [0.29, 0.717) is 13.0 Å². The normalized spacial score (nSPS) is 28.6. The lowest BCUT2D eigenvalue weighted by atomic mass is 9.89. The van der Waals surface area contributed by atoms with E-state index >= 15 is 0 Å². The van der Waals surface area contributed by atoms with Crippen LogP contribution in [-0.4, -0.2) is 30.4 Å². The maximum atomic E-state index is 11.1. The van der Waals surface area contributed by atoms with E-state index in [4.69, 9.17) is 11.0 Å². The molecule has 13 heavy (non-hydrogen) atoms. The molecule has 1 saturated heterocycles. The zero-order valence-corrected chi connectivity index (χ0v) is 7.92. The second-order valence-corrected chi connectivity index (χ2v) is 3.86. The van der Waals surface area contributed by atoms with Gasteiger partial charge in [0.2, 0.25) is 5.91 Å². The number of hydrogen-bond acceptors (Lipinski definition) is 3. The minimum absolute atomic E-state index is 0.230. The van der Waals surface area contributed by atoms with Gasteiger partial charge in [-0.3, -0.25) is 4.79 Å². The van der Waals surface area contributed by atoms with Crippen LogP contribution in [0.2, 0.25) is 0 Å². The van der Waals surface area contributed by atoms with E-state index < -0.39 is 0 Å². The minimum Gasteiger partial charge on any atom is -0.369 e. The molecule has 1 amide bonds. The number of likely N-dealkylation sites (tertiary alicyclic amines) is 1. The summed E-state index contributed by atoms with van der Waals surface area (Å²) in [6.07, 6.45) is 1.34. The lowest BCUT2D eigenvalue weighted by Crippen LogP contribution is -2.37. The fourth-order valence-corrected chi connectivity index (χ4v) is 1.66. The fourth-order valence-electron chi connectivity index (χ4n) is 1.66. The van der Waals surface area contributed by atoms with Crippen LogP contribution in [0.5, 0.6) is 0 Å². The van der Waals surface area contributed by atoms with Crippen LogP contribution in [0.25, 0.3) is 0 Å².